The molecule has 1 aliphatic heterocycles. The smallest absolute Gasteiger partial charge is 0.266 e. The van der Waals surface area contributed by atoms with Crippen molar-refractivity contribution in [3.05, 3.63) is 76.8 Å². The van der Waals surface area contributed by atoms with Crippen LogP contribution in [0.5, 0.6) is 5.75 Å². The minimum atomic E-state index is -1.15. The summed E-state index contributed by atoms with van der Waals surface area (Å²) in [5.74, 6) is 0.826. The molecule has 0 aromatic heterocycles. The fraction of sp³-hybridized carbons (Fsp3) is 0.333. The van der Waals surface area contributed by atoms with E-state index in [9.17, 15) is 4.79 Å². The van der Waals surface area contributed by atoms with Crippen molar-refractivity contribution < 1.29 is 19.4 Å². The van der Waals surface area contributed by atoms with Gasteiger partial charge in [0.05, 0.1) is 6.61 Å². The van der Waals surface area contributed by atoms with Gasteiger partial charge in [0.1, 0.15) is 11.9 Å². The van der Waals surface area contributed by atoms with Crippen LogP contribution >= 0.6 is 15.9 Å². The standard InChI is InChI=1S/C24H28BrN3O4/c1-3-13-26-28-23(30)24(16-19-7-4-5-8-21(19)25)17(2)32-22(27-24)18-9-11-20(12-10-18)31-15-6-14-29/h3-5,7-12,17,26,29H,1,6,13-16H2,2H3,(H,28,30)/t17-,24-/m0/s1. The molecule has 170 valence electrons. The average molecular weight is 502 g/mol. The Morgan fingerprint density at radius 2 is 2.06 bits per heavy atom. The number of carbonyl (C=O) groups excluding carboxylic acids is 1. The van der Waals surface area contributed by atoms with E-state index in [1.54, 1.807) is 6.08 Å². The number of hydrazine groups is 1. The number of amides is 1. The van der Waals surface area contributed by atoms with Crippen LogP contribution in [0.3, 0.4) is 0 Å². The number of aliphatic hydroxyl groups is 1. The number of hydrogen-bond donors (Lipinski definition) is 3. The van der Waals surface area contributed by atoms with Gasteiger partial charge in [-0.3, -0.25) is 10.2 Å². The highest BCUT2D eigenvalue weighted by Crippen LogP contribution is 2.34. The van der Waals surface area contributed by atoms with E-state index in [2.05, 4.69) is 33.4 Å². The molecule has 0 spiro atoms. The molecule has 0 saturated heterocycles. The molecule has 3 N–H and O–H groups in total. The van der Waals surface area contributed by atoms with Crippen molar-refractivity contribution in [1.29, 1.82) is 0 Å². The first kappa shape index (κ1) is 24.0. The molecule has 0 radical (unpaired) electrons. The topological polar surface area (TPSA) is 92.2 Å². The zero-order valence-corrected chi connectivity index (χ0v) is 19.6. The van der Waals surface area contributed by atoms with Crippen molar-refractivity contribution in [2.75, 3.05) is 19.8 Å². The van der Waals surface area contributed by atoms with E-state index in [1.165, 1.54) is 0 Å². The number of nitrogens with zero attached hydrogens (tertiary/aromatic N) is 1. The maximum Gasteiger partial charge on any atom is 0.266 e. The van der Waals surface area contributed by atoms with Crippen LogP contribution in [0.4, 0.5) is 0 Å². The first-order valence-corrected chi connectivity index (χ1v) is 11.3. The van der Waals surface area contributed by atoms with Gasteiger partial charge in [0.25, 0.3) is 5.91 Å². The number of hydrogen-bond acceptors (Lipinski definition) is 6. The molecule has 7 nitrogen and oxygen atoms in total. The van der Waals surface area contributed by atoms with Crippen LogP contribution < -0.4 is 15.6 Å². The van der Waals surface area contributed by atoms with Crippen molar-refractivity contribution in [3.63, 3.8) is 0 Å². The normalized spacial score (nSPS) is 19.7. The summed E-state index contributed by atoms with van der Waals surface area (Å²) < 4.78 is 12.6. The number of nitrogens with one attached hydrogen (secondary N) is 2. The minimum absolute atomic E-state index is 0.0873. The lowest BCUT2D eigenvalue weighted by Crippen LogP contribution is -2.56. The zero-order chi connectivity index (χ0) is 23.0. The van der Waals surface area contributed by atoms with Crippen LogP contribution in [0.15, 0.2) is 70.7 Å². The molecule has 2 atom stereocenters. The molecule has 0 fully saturated rings. The lowest BCUT2D eigenvalue weighted by atomic mass is 9.86. The van der Waals surface area contributed by atoms with E-state index >= 15 is 0 Å². The number of halogens is 1. The quantitative estimate of drug-likeness (QED) is 0.250. The second kappa shape index (κ2) is 11.3. The highest BCUT2D eigenvalue weighted by Gasteiger charge is 2.50. The summed E-state index contributed by atoms with van der Waals surface area (Å²) in [5.41, 5.74) is 6.16. The molecule has 0 aliphatic carbocycles. The van der Waals surface area contributed by atoms with E-state index in [4.69, 9.17) is 19.6 Å². The van der Waals surface area contributed by atoms with Gasteiger partial charge in [-0.15, -0.1) is 6.58 Å². The number of ether oxygens (including phenoxy) is 2. The Kier molecular flexibility index (Phi) is 8.44. The highest BCUT2D eigenvalue weighted by molar-refractivity contribution is 9.10. The minimum Gasteiger partial charge on any atom is -0.494 e. The summed E-state index contributed by atoms with van der Waals surface area (Å²) in [6.45, 7) is 6.47. The first-order chi connectivity index (χ1) is 15.5. The van der Waals surface area contributed by atoms with E-state index in [-0.39, 0.29) is 12.5 Å². The zero-order valence-electron chi connectivity index (χ0n) is 18.0. The first-order valence-electron chi connectivity index (χ1n) is 10.5. The maximum atomic E-state index is 13.3. The summed E-state index contributed by atoms with van der Waals surface area (Å²) in [5, 5.41) is 8.88. The summed E-state index contributed by atoms with van der Waals surface area (Å²) in [6.07, 6.45) is 2.11. The molecule has 1 amide bonds. The van der Waals surface area contributed by atoms with Gasteiger partial charge in [0.2, 0.25) is 5.90 Å². The number of rotatable bonds is 11. The monoisotopic (exact) mass is 501 g/mol. The van der Waals surface area contributed by atoms with Gasteiger partial charge in [0.15, 0.2) is 5.54 Å². The molecule has 32 heavy (non-hydrogen) atoms. The summed E-state index contributed by atoms with van der Waals surface area (Å²) >= 11 is 3.57. The summed E-state index contributed by atoms with van der Waals surface area (Å²) in [6, 6.07) is 15.1. The molecule has 8 heteroatoms. The van der Waals surface area contributed by atoms with Gasteiger partial charge in [-0.25, -0.2) is 10.4 Å². The largest absolute Gasteiger partial charge is 0.494 e. The van der Waals surface area contributed by atoms with E-state index in [1.807, 2.05) is 55.5 Å². The van der Waals surface area contributed by atoms with Gasteiger partial charge < -0.3 is 14.6 Å². The number of aliphatic hydroxyl groups excluding tert-OH is 1. The molecule has 3 rings (SSSR count). The lowest BCUT2D eigenvalue weighted by Gasteiger charge is -2.28. The second-order valence-corrected chi connectivity index (χ2v) is 8.30. The highest BCUT2D eigenvalue weighted by atomic mass is 79.9. The van der Waals surface area contributed by atoms with Crippen molar-refractivity contribution in [3.8, 4) is 5.75 Å². The van der Waals surface area contributed by atoms with Crippen molar-refractivity contribution in [2.45, 2.75) is 31.4 Å². The van der Waals surface area contributed by atoms with Gasteiger partial charge in [0, 0.05) is 36.0 Å². The number of aliphatic imine (C=N–C) groups is 1. The molecule has 1 heterocycles. The predicted molar refractivity (Wildman–Crippen MR) is 128 cm³/mol. The maximum absolute atomic E-state index is 13.3. The molecule has 0 unspecified atom stereocenters. The Labute approximate surface area is 196 Å². The molecule has 2 aromatic rings. The number of carbonyl (C=O) groups is 1. The fourth-order valence-corrected chi connectivity index (χ4v) is 3.81. The van der Waals surface area contributed by atoms with Crippen LogP contribution in [-0.4, -0.2) is 48.3 Å². The molecular weight excluding hydrogens is 474 g/mol. The number of benzene rings is 2. The van der Waals surface area contributed by atoms with Crippen LogP contribution in [0.25, 0.3) is 0 Å². The van der Waals surface area contributed by atoms with E-state index < -0.39 is 11.6 Å². The molecule has 1 aliphatic rings. The summed E-state index contributed by atoms with van der Waals surface area (Å²) in [4.78, 5) is 18.1. The van der Waals surface area contributed by atoms with Crippen LogP contribution in [0.1, 0.15) is 24.5 Å². The fourth-order valence-electron chi connectivity index (χ4n) is 3.39. The molecule has 0 saturated carbocycles. The van der Waals surface area contributed by atoms with Crippen LogP contribution in [0, 0.1) is 0 Å². The van der Waals surface area contributed by atoms with Crippen molar-refractivity contribution in [2.24, 2.45) is 4.99 Å². The average Bonchev–Trinajstić information content (AvgIpc) is 3.13. The van der Waals surface area contributed by atoms with Gasteiger partial charge >= 0.3 is 0 Å². The molecular formula is C24H28BrN3O4. The lowest BCUT2D eigenvalue weighted by molar-refractivity contribution is -0.129. The van der Waals surface area contributed by atoms with Crippen molar-refractivity contribution >= 4 is 27.7 Å². The van der Waals surface area contributed by atoms with Crippen LogP contribution in [0.2, 0.25) is 0 Å². The Morgan fingerprint density at radius 3 is 2.75 bits per heavy atom. The SMILES string of the molecule is C=CCNNC(=O)[C@@]1(Cc2ccccc2Br)N=C(c2ccc(OCCCO)cc2)O[C@H]1C. The van der Waals surface area contributed by atoms with E-state index in [0.717, 1.165) is 15.6 Å². The third kappa shape index (κ3) is 5.56. The molecule has 2 aromatic carbocycles. The predicted octanol–water partition coefficient (Wildman–Crippen LogP) is 3.16. The third-order valence-electron chi connectivity index (χ3n) is 5.19. The Balaban J connectivity index is 1.89. The Bertz CT molecular complexity index is 964. The van der Waals surface area contributed by atoms with Gasteiger partial charge in [-0.1, -0.05) is 40.2 Å². The molecule has 0 bridgehead atoms. The third-order valence-corrected chi connectivity index (χ3v) is 5.97. The second-order valence-electron chi connectivity index (χ2n) is 7.44. The van der Waals surface area contributed by atoms with Gasteiger partial charge in [-0.2, -0.15) is 0 Å². The Morgan fingerprint density at radius 1 is 1.31 bits per heavy atom. The Hall–Kier alpha value is -2.68. The van der Waals surface area contributed by atoms with E-state index in [0.29, 0.717) is 37.6 Å². The summed E-state index contributed by atoms with van der Waals surface area (Å²) in [7, 11) is 0. The van der Waals surface area contributed by atoms with Gasteiger partial charge in [-0.05, 0) is 42.8 Å². The van der Waals surface area contributed by atoms with Crippen LogP contribution in [-0.2, 0) is 16.0 Å². The van der Waals surface area contributed by atoms with Crippen molar-refractivity contribution in [1.82, 2.24) is 10.9 Å².